The summed E-state index contributed by atoms with van der Waals surface area (Å²) >= 11 is 0. The molecule has 6 nitrogen and oxygen atoms in total. The number of hydrogen-bond acceptors (Lipinski definition) is 5. The summed E-state index contributed by atoms with van der Waals surface area (Å²) in [5.74, 6) is 1.32. The lowest BCUT2D eigenvalue weighted by molar-refractivity contribution is -0.114. The van der Waals surface area contributed by atoms with E-state index in [-0.39, 0.29) is 12.5 Å². The minimum absolute atomic E-state index is 0.145. The van der Waals surface area contributed by atoms with Crippen molar-refractivity contribution in [2.75, 3.05) is 37.5 Å². The van der Waals surface area contributed by atoms with Crippen LogP contribution in [0.2, 0.25) is 0 Å². The average molecular weight is 406 g/mol. The topological polar surface area (TPSA) is 68.8 Å². The molecule has 2 N–H and O–H groups in total. The van der Waals surface area contributed by atoms with Gasteiger partial charge in [-0.3, -0.25) is 4.79 Å². The molecule has 0 aromatic heterocycles. The van der Waals surface area contributed by atoms with Crippen molar-refractivity contribution in [3.63, 3.8) is 0 Å². The number of benzene rings is 3. The van der Waals surface area contributed by atoms with E-state index in [1.54, 1.807) is 13.2 Å². The van der Waals surface area contributed by atoms with Crippen LogP contribution in [0.5, 0.6) is 11.5 Å². The van der Waals surface area contributed by atoms with Crippen LogP contribution < -0.4 is 20.1 Å². The van der Waals surface area contributed by atoms with E-state index in [9.17, 15) is 4.79 Å². The van der Waals surface area contributed by atoms with E-state index in [1.807, 2.05) is 72.8 Å². The first kappa shape index (κ1) is 21.2. The molecule has 0 radical (unpaired) electrons. The van der Waals surface area contributed by atoms with Crippen LogP contribution in [0.1, 0.15) is 5.56 Å². The number of carbonyl (C=O) groups is 1. The molecular formula is C24H26N2O4. The molecule has 0 bridgehead atoms. The fourth-order valence-electron chi connectivity index (χ4n) is 2.70. The molecule has 0 unspecified atom stereocenters. The molecule has 3 aromatic carbocycles. The van der Waals surface area contributed by atoms with Crippen molar-refractivity contribution in [3.05, 3.63) is 84.4 Å². The van der Waals surface area contributed by atoms with Gasteiger partial charge in [0.05, 0.1) is 13.2 Å². The Balaban J connectivity index is 1.42. The Kier molecular flexibility index (Phi) is 8.12. The van der Waals surface area contributed by atoms with Crippen LogP contribution in [0, 0.1) is 0 Å². The highest BCUT2D eigenvalue weighted by Gasteiger charge is 2.04. The molecule has 0 spiro atoms. The normalized spacial score (nSPS) is 10.3. The number of hydrogen-bond donors (Lipinski definition) is 2. The fourth-order valence-corrected chi connectivity index (χ4v) is 2.70. The second-order valence-corrected chi connectivity index (χ2v) is 6.57. The predicted molar refractivity (Wildman–Crippen MR) is 118 cm³/mol. The van der Waals surface area contributed by atoms with Gasteiger partial charge in [-0.1, -0.05) is 36.4 Å². The molecule has 0 heterocycles. The molecule has 0 fully saturated rings. The van der Waals surface area contributed by atoms with Crippen molar-refractivity contribution in [3.8, 4) is 11.5 Å². The molecule has 30 heavy (non-hydrogen) atoms. The number of methoxy groups -OCH3 is 1. The van der Waals surface area contributed by atoms with Crippen LogP contribution in [0.25, 0.3) is 0 Å². The summed E-state index contributed by atoms with van der Waals surface area (Å²) in [6.45, 7) is 1.64. The Bertz CT molecular complexity index is 914. The van der Waals surface area contributed by atoms with Crippen molar-refractivity contribution >= 4 is 17.3 Å². The van der Waals surface area contributed by atoms with Crippen LogP contribution in [-0.4, -0.2) is 32.8 Å². The van der Waals surface area contributed by atoms with Crippen LogP contribution >= 0.6 is 0 Å². The largest absolute Gasteiger partial charge is 0.491 e. The predicted octanol–water partition coefficient (Wildman–Crippen LogP) is 4.34. The first-order chi connectivity index (χ1) is 14.7. The van der Waals surface area contributed by atoms with Gasteiger partial charge in [-0.15, -0.1) is 0 Å². The number of carbonyl (C=O) groups excluding carboxylic acids is 1. The van der Waals surface area contributed by atoms with Crippen LogP contribution in [0.15, 0.2) is 78.9 Å². The zero-order valence-electron chi connectivity index (χ0n) is 17.0. The minimum atomic E-state index is -0.145. The standard InChI is InChI=1S/C24H26N2O4/c1-28-14-15-29-23-9-5-8-21(16-23)26-24(27)17-25-20-10-12-22(13-11-20)30-18-19-6-3-2-4-7-19/h2-13,16,25H,14-15,17-18H2,1H3,(H,26,27). The fraction of sp³-hybridized carbons (Fsp3) is 0.208. The Morgan fingerprint density at radius 3 is 2.37 bits per heavy atom. The van der Waals surface area contributed by atoms with E-state index in [0.717, 1.165) is 17.0 Å². The average Bonchev–Trinajstić information content (AvgIpc) is 2.78. The molecule has 0 aliphatic heterocycles. The summed E-state index contributed by atoms with van der Waals surface area (Å²) in [7, 11) is 1.62. The van der Waals surface area contributed by atoms with Crippen molar-refractivity contribution < 1.29 is 19.0 Å². The van der Waals surface area contributed by atoms with E-state index >= 15 is 0 Å². The smallest absolute Gasteiger partial charge is 0.243 e. The van der Waals surface area contributed by atoms with Gasteiger partial charge < -0.3 is 24.8 Å². The summed E-state index contributed by atoms with van der Waals surface area (Å²) in [6.07, 6.45) is 0. The number of rotatable bonds is 11. The Labute approximate surface area is 176 Å². The zero-order chi connectivity index (χ0) is 21.0. The van der Waals surface area contributed by atoms with Gasteiger partial charge in [0.25, 0.3) is 0 Å². The molecule has 0 aliphatic rings. The molecule has 156 valence electrons. The molecule has 0 aliphatic carbocycles. The van der Waals surface area contributed by atoms with Gasteiger partial charge in [0.2, 0.25) is 5.91 Å². The van der Waals surface area contributed by atoms with Gasteiger partial charge in [-0.25, -0.2) is 0 Å². The van der Waals surface area contributed by atoms with Crippen molar-refractivity contribution in [1.82, 2.24) is 0 Å². The molecule has 3 rings (SSSR count). The number of anilines is 2. The minimum Gasteiger partial charge on any atom is -0.491 e. The lowest BCUT2D eigenvalue weighted by Gasteiger charge is -2.11. The van der Waals surface area contributed by atoms with E-state index in [2.05, 4.69) is 10.6 Å². The maximum absolute atomic E-state index is 12.2. The van der Waals surface area contributed by atoms with Crippen LogP contribution in [-0.2, 0) is 16.1 Å². The highest BCUT2D eigenvalue weighted by atomic mass is 16.5. The first-order valence-electron chi connectivity index (χ1n) is 9.75. The highest BCUT2D eigenvalue weighted by molar-refractivity contribution is 5.93. The third-order valence-corrected chi connectivity index (χ3v) is 4.23. The van der Waals surface area contributed by atoms with Crippen molar-refractivity contribution in [2.45, 2.75) is 6.61 Å². The Morgan fingerprint density at radius 2 is 1.60 bits per heavy atom. The lowest BCUT2D eigenvalue weighted by Crippen LogP contribution is -2.21. The maximum atomic E-state index is 12.2. The monoisotopic (exact) mass is 406 g/mol. The zero-order valence-corrected chi connectivity index (χ0v) is 17.0. The van der Waals surface area contributed by atoms with Crippen LogP contribution in [0.4, 0.5) is 11.4 Å². The van der Waals surface area contributed by atoms with E-state index < -0.39 is 0 Å². The second-order valence-electron chi connectivity index (χ2n) is 6.57. The first-order valence-corrected chi connectivity index (χ1v) is 9.75. The van der Waals surface area contributed by atoms with E-state index in [0.29, 0.717) is 31.3 Å². The number of nitrogens with one attached hydrogen (secondary N) is 2. The van der Waals surface area contributed by atoms with Gasteiger partial charge in [0.15, 0.2) is 0 Å². The quantitative estimate of drug-likeness (QED) is 0.464. The maximum Gasteiger partial charge on any atom is 0.243 e. The number of ether oxygens (including phenoxy) is 3. The van der Waals surface area contributed by atoms with Crippen molar-refractivity contribution in [2.24, 2.45) is 0 Å². The third-order valence-electron chi connectivity index (χ3n) is 4.23. The summed E-state index contributed by atoms with van der Waals surface area (Å²) < 4.78 is 16.3. The van der Waals surface area contributed by atoms with Gasteiger partial charge in [-0.05, 0) is 42.0 Å². The molecule has 1 amide bonds. The van der Waals surface area contributed by atoms with Gasteiger partial charge in [0, 0.05) is 24.6 Å². The highest BCUT2D eigenvalue weighted by Crippen LogP contribution is 2.18. The molecule has 0 atom stereocenters. The molecule has 0 saturated heterocycles. The van der Waals surface area contributed by atoms with Crippen molar-refractivity contribution in [1.29, 1.82) is 0 Å². The van der Waals surface area contributed by atoms with E-state index in [4.69, 9.17) is 14.2 Å². The van der Waals surface area contributed by atoms with Gasteiger partial charge in [0.1, 0.15) is 24.7 Å². The van der Waals surface area contributed by atoms with E-state index in [1.165, 1.54) is 0 Å². The Morgan fingerprint density at radius 1 is 0.800 bits per heavy atom. The molecule has 6 heteroatoms. The second kappa shape index (κ2) is 11.5. The summed E-state index contributed by atoms with van der Waals surface area (Å²) in [4.78, 5) is 12.2. The number of amides is 1. The van der Waals surface area contributed by atoms with Gasteiger partial charge >= 0.3 is 0 Å². The molecule has 0 saturated carbocycles. The van der Waals surface area contributed by atoms with Gasteiger partial charge in [-0.2, -0.15) is 0 Å². The van der Waals surface area contributed by atoms with Crippen LogP contribution in [0.3, 0.4) is 0 Å². The SMILES string of the molecule is COCCOc1cccc(NC(=O)CNc2ccc(OCc3ccccc3)cc2)c1. The Hall–Kier alpha value is -3.51. The summed E-state index contributed by atoms with van der Waals surface area (Å²) in [6, 6.07) is 24.8. The lowest BCUT2D eigenvalue weighted by atomic mass is 10.2. The summed E-state index contributed by atoms with van der Waals surface area (Å²) in [5, 5.41) is 5.96. The molecule has 3 aromatic rings. The summed E-state index contributed by atoms with van der Waals surface area (Å²) in [5.41, 5.74) is 2.64. The molecular weight excluding hydrogens is 380 g/mol. The third kappa shape index (κ3) is 7.14.